The van der Waals surface area contributed by atoms with Crippen molar-refractivity contribution in [1.82, 2.24) is 10.2 Å². The zero-order valence-corrected chi connectivity index (χ0v) is 21.8. The van der Waals surface area contributed by atoms with Crippen LogP contribution in [-0.2, 0) is 26.2 Å². The molecule has 2 aromatic rings. The summed E-state index contributed by atoms with van der Waals surface area (Å²) in [7, 11) is -2.26. The second kappa shape index (κ2) is 10.9. The van der Waals surface area contributed by atoms with E-state index in [-0.39, 0.29) is 12.5 Å². The summed E-state index contributed by atoms with van der Waals surface area (Å²) in [6.07, 6.45) is 1.05. The summed E-state index contributed by atoms with van der Waals surface area (Å²) in [6.45, 7) is 8.89. The molecule has 2 amide bonds. The van der Waals surface area contributed by atoms with Crippen LogP contribution in [0.5, 0.6) is 5.75 Å². The molecule has 0 heterocycles. The number of aryl methyl sites for hydroxylation is 1. The molecular formula is C25H35N3O5S. The van der Waals surface area contributed by atoms with Gasteiger partial charge in [0.25, 0.3) is 0 Å². The summed E-state index contributed by atoms with van der Waals surface area (Å²) in [6, 6.07) is 13.2. The van der Waals surface area contributed by atoms with Crippen molar-refractivity contribution < 1.29 is 22.7 Å². The van der Waals surface area contributed by atoms with Crippen molar-refractivity contribution in [1.29, 1.82) is 0 Å². The maximum atomic E-state index is 13.5. The van der Waals surface area contributed by atoms with Gasteiger partial charge >= 0.3 is 0 Å². The molecule has 0 spiro atoms. The molecule has 2 rings (SSSR count). The van der Waals surface area contributed by atoms with Crippen molar-refractivity contribution >= 4 is 27.5 Å². The quantitative estimate of drug-likeness (QED) is 0.584. The predicted molar refractivity (Wildman–Crippen MR) is 134 cm³/mol. The second-order valence-electron chi connectivity index (χ2n) is 9.33. The minimum absolute atomic E-state index is 0.171. The number of ether oxygens (including phenoxy) is 1. The monoisotopic (exact) mass is 489 g/mol. The molecule has 1 atom stereocenters. The molecule has 0 saturated heterocycles. The Morgan fingerprint density at radius 1 is 1.06 bits per heavy atom. The molecule has 0 bridgehead atoms. The van der Waals surface area contributed by atoms with E-state index in [2.05, 4.69) is 5.32 Å². The third kappa shape index (κ3) is 7.48. The molecule has 0 unspecified atom stereocenters. The second-order valence-corrected chi connectivity index (χ2v) is 11.2. The summed E-state index contributed by atoms with van der Waals surface area (Å²) in [4.78, 5) is 27.9. The Labute approximate surface area is 202 Å². The molecule has 9 heteroatoms. The number of nitrogens with one attached hydrogen (secondary N) is 1. The summed E-state index contributed by atoms with van der Waals surface area (Å²) < 4.78 is 31.4. The highest BCUT2D eigenvalue weighted by Gasteiger charge is 2.31. The van der Waals surface area contributed by atoms with Gasteiger partial charge in [-0.15, -0.1) is 0 Å². The fourth-order valence-electron chi connectivity index (χ4n) is 3.39. The smallest absolute Gasteiger partial charge is 0.244 e. The Hall–Kier alpha value is -3.07. The maximum Gasteiger partial charge on any atom is 0.244 e. The summed E-state index contributed by atoms with van der Waals surface area (Å²) >= 11 is 0. The first-order valence-electron chi connectivity index (χ1n) is 11.0. The van der Waals surface area contributed by atoms with Gasteiger partial charge in [0.05, 0.1) is 19.1 Å². The molecule has 1 N–H and O–H groups in total. The fraction of sp³-hybridized carbons (Fsp3) is 0.440. The zero-order valence-electron chi connectivity index (χ0n) is 21.0. The average molecular weight is 490 g/mol. The summed E-state index contributed by atoms with van der Waals surface area (Å²) in [5, 5.41) is 2.90. The fourth-order valence-corrected chi connectivity index (χ4v) is 4.24. The van der Waals surface area contributed by atoms with Crippen molar-refractivity contribution in [3.8, 4) is 5.75 Å². The first kappa shape index (κ1) is 27.2. The number of rotatable bonds is 9. The van der Waals surface area contributed by atoms with Gasteiger partial charge in [0.2, 0.25) is 21.8 Å². The largest absolute Gasteiger partial charge is 0.497 e. The van der Waals surface area contributed by atoms with Crippen molar-refractivity contribution in [3.63, 3.8) is 0 Å². The van der Waals surface area contributed by atoms with E-state index in [1.165, 1.54) is 12.0 Å². The number of carbonyl (C=O) groups excluding carboxylic acids is 2. The number of benzene rings is 2. The Kier molecular flexibility index (Phi) is 8.72. The highest BCUT2D eigenvalue weighted by atomic mass is 32.2. The van der Waals surface area contributed by atoms with Gasteiger partial charge in [-0.05, 0) is 70.0 Å². The number of nitrogens with zero attached hydrogens (tertiary/aromatic N) is 2. The van der Waals surface area contributed by atoms with Crippen LogP contribution in [0.2, 0.25) is 0 Å². The van der Waals surface area contributed by atoms with Crippen LogP contribution in [0.3, 0.4) is 0 Å². The van der Waals surface area contributed by atoms with Crippen molar-refractivity contribution in [3.05, 3.63) is 59.7 Å². The highest BCUT2D eigenvalue weighted by Crippen LogP contribution is 2.22. The van der Waals surface area contributed by atoms with E-state index < -0.39 is 34.1 Å². The molecule has 0 aliphatic heterocycles. The van der Waals surface area contributed by atoms with Gasteiger partial charge in [-0.1, -0.05) is 24.3 Å². The van der Waals surface area contributed by atoms with Gasteiger partial charge in [0.1, 0.15) is 18.3 Å². The average Bonchev–Trinajstić information content (AvgIpc) is 2.74. The van der Waals surface area contributed by atoms with Gasteiger partial charge in [-0.25, -0.2) is 8.42 Å². The molecule has 0 aliphatic rings. The molecule has 0 fully saturated rings. The van der Waals surface area contributed by atoms with Crippen LogP contribution in [0, 0.1) is 6.92 Å². The van der Waals surface area contributed by atoms with Gasteiger partial charge in [-0.2, -0.15) is 0 Å². The molecule has 0 aromatic heterocycles. The third-order valence-corrected chi connectivity index (χ3v) is 6.45. The topological polar surface area (TPSA) is 96.0 Å². The lowest BCUT2D eigenvalue weighted by Gasteiger charge is -2.33. The Morgan fingerprint density at radius 3 is 2.15 bits per heavy atom. The van der Waals surface area contributed by atoms with Gasteiger partial charge in [-0.3, -0.25) is 13.9 Å². The standard InChI is InChI=1S/C25H35N3O5S/c1-18-10-8-9-11-20(18)16-27(19(2)24(30)26-25(3,4)5)23(29)17-28(34(7,31)32)21-12-14-22(33-6)15-13-21/h8-15,19H,16-17H2,1-7H3,(H,26,30)/t19-/m1/s1. The Morgan fingerprint density at radius 2 is 1.65 bits per heavy atom. The highest BCUT2D eigenvalue weighted by molar-refractivity contribution is 7.92. The summed E-state index contributed by atoms with van der Waals surface area (Å²) in [5.41, 5.74) is 1.70. The molecule has 0 aliphatic carbocycles. The van der Waals surface area contributed by atoms with E-state index in [4.69, 9.17) is 4.74 Å². The van der Waals surface area contributed by atoms with E-state index in [1.807, 2.05) is 52.0 Å². The van der Waals surface area contributed by atoms with Crippen LogP contribution in [0.25, 0.3) is 0 Å². The minimum Gasteiger partial charge on any atom is -0.497 e. The van der Waals surface area contributed by atoms with Crippen LogP contribution >= 0.6 is 0 Å². The molecular weight excluding hydrogens is 454 g/mol. The number of methoxy groups -OCH3 is 1. The molecule has 34 heavy (non-hydrogen) atoms. The predicted octanol–water partition coefficient (Wildman–Crippen LogP) is 3.10. The molecule has 0 saturated carbocycles. The molecule has 2 aromatic carbocycles. The zero-order chi connectivity index (χ0) is 25.7. The number of sulfonamides is 1. The third-order valence-electron chi connectivity index (χ3n) is 5.31. The maximum absolute atomic E-state index is 13.5. The van der Waals surface area contributed by atoms with Gasteiger partial charge in [0.15, 0.2) is 0 Å². The molecule has 186 valence electrons. The number of hydrogen-bond acceptors (Lipinski definition) is 5. The number of carbonyl (C=O) groups is 2. The minimum atomic E-state index is -3.78. The Balaban J connectivity index is 2.41. The van der Waals surface area contributed by atoms with E-state index in [9.17, 15) is 18.0 Å². The normalized spacial score (nSPS) is 12.6. The van der Waals surface area contributed by atoms with Crippen LogP contribution in [0.1, 0.15) is 38.8 Å². The molecule has 8 nitrogen and oxygen atoms in total. The van der Waals surface area contributed by atoms with Crippen molar-refractivity contribution in [2.45, 2.75) is 52.7 Å². The van der Waals surface area contributed by atoms with Gasteiger partial charge in [0, 0.05) is 12.1 Å². The molecule has 0 radical (unpaired) electrons. The van der Waals surface area contributed by atoms with Gasteiger partial charge < -0.3 is 15.0 Å². The van der Waals surface area contributed by atoms with E-state index >= 15 is 0 Å². The van der Waals surface area contributed by atoms with E-state index in [0.717, 1.165) is 21.7 Å². The lowest BCUT2D eigenvalue weighted by molar-refractivity contribution is -0.140. The number of hydrogen-bond donors (Lipinski definition) is 1. The van der Waals surface area contributed by atoms with E-state index in [0.29, 0.717) is 11.4 Å². The number of amides is 2. The van der Waals surface area contributed by atoms with Crippen LogP contribution < -0.4 is 14.4 Å². The van der Waals surface area contributed by atoms with Crippen molar-refractivity contribution in [2.24, 2.45) is 0 Å². The van der Waals surface area contributed by atoms with Crippen LogP contribution in [0.15, 0.2) is 48.5 Å². The number of anilines is 1. The van der Waals surface area contributed by atoms with E-state index in [1.54, 1.807) is 31.2 Å². The van der Waals surface area contributed by atoms with Crippen LogP contribution in [0.4, 0.5) is 5.69 Å². The first-order chi connectivity index (χ1) is 15.7. The van der Waals surface area contributed by atoms with Crippen LogP contribution in [-0.4, -0.2) is 56.6 Å². The SMILES string of the molecule is COc1ccc(N(CC(=O)N(Cc2ccccc2C)[C@H](C)C(=O)NC(C)(C)C)S(C)(=O)=O)cc1. The lowest BCUT2D eigenvalue weighted by atomic mass is 10.1. The Bertz CT molecular complexity index is 1110. The summed E-state index contributed by atoms with van der Waals surface area (Å²) in [5.74, 6) is -0.233. The van der Waals surface area contributed by atoms with Crippen molar-refractivity contribution in [2.75, 3.05) is 24.2 Å². The lowest BCUT2D eigenvalue weighted by Crippen LogP contribution is -2.54. The first-order valence-corrected chi connectivity index (χ1v) is 12.9.